The number of alkyl halides is 3. The molecule has 0 bridgehead atoms. The van der Waals surface area contributed by atoms with Crippen LogP contribution < -0.4 is 4.90 Å². The van der Waals surface area contributed by atoms with Gasteiger partial charge in [-0.15, -0.1) is 0 Å². The fourth-order valence-electron chi connectivity index (χ4n) is 2.19. The van der Waals surface area contributed by atoms with Crippen molar-refractivity contribution >= 4 is 11.6 Å². The van der Waals surface area contributed by atoms with Crippen molar-refractivity contribution in [3.63, 3.8) is 0 Å². The molecule has 0 saturated heterocycles. The molecule has 134 valence electrons. The third-order valence-corrected chi connectivity index (χ3v) is 3.44. The molecule has 0 aliphatic heterocycles. The van der Waals surface area contributed by atoms with Crippen LogP contribution in [-0.2, 0) is 11.2 Å². The third kappa shape index (κ3) is 5.13. The fraction of sp³-hybridized carbons (Fsp3) is 0.375. The van der Waals surface area contributed by atoms with Gasteiger partial charge in [0.05, 0.1) is 35.9 Å². The smallest absolute Gasteiger partial charge is 0.376 e. The van der Waals surface area contributed by atoms with Gasteiger partial charge in [-0.3, -0.25) is 19.7 Å². The van der Waals surface area contributed by atoms with Crippen LogP contribution in [0.4, 0.5) is 18.9 Å². The minimum absolute atomic E-state index is 0.239. The number of aromatic nitrogens is 3. The van der Waals surface area contributed by atoms with Crippen molar-refractivity contribution in [2.24, 2.45) is 0 Å². The van der Waals surface area contributed by atoms with Crippen LogP contribution in [0.2, 0.25) is 0 Å². The van der Waals surface area contributed by atoms with Gasteiger partial charge in [-0.2, -0.15) is 13.2 Å². The van der Waals surface area contributed by atoms with Crippen LogP contribution in [0.15, 0.2) is 30.9 Å². The Morgan fingerprint density at radius 1 is 1.12 bits per heavy atom. The van der Waals surface area contributed by atoms with Gasteiger partial charge in [0.2, 0.25) is 5.91 Å². The molecule has 0 atom stereocenters. The first-order valence-electron chi connectivity index (χ1n) is 7.40. The Morgan fingerprint density at radius 2 is 1.84 bits per heavy atom. The molecule has 2 aromatic rings. The van der Waals surface area contributed by atoms with Gasteiger partial charge in [-0.25, -0.2) is 0 Å². The molecule has 0 spiro atoms. The van der Waals surface area contributed by atoms with Crippen molar-refractivity contribution in [2.45, 2.75) is 12.6 Å². The summed E-state index contributed by atoms with van der Waals surface area (Å²) < 4.78 is 37.0. The predicted molar refractivity (Wildman–Crippen MR) is 87.0 cm³/mol. The Morgan fingerprint density at radius 3 is 2.40 bits per heavy atom. The van der Waals surface area contributed by atoms with Gasteiger partial charge < -0.3 is 9.80 Å². The summed E-state index contributed by atoms with van der Waals surface area (Å²) in [5.41, 5.74) is 2.57. The summed E-state index contributed by atoms with van der Waals surface area (Å²) in [4.78, 5) is 26.8. The Labute approximate surface area is 143 Å². The highest BCUT2D eigenvalue weighted by Crippen LogP contribution is 2.26. The second-order valence-corrected chi connectivity index (χ2v) is 5.72. The second-order valence-electron chi connectivity index (χ2n) is 5.72. The topological polar surface area (TPSA) is 62.2 Å². The minimum atomic E-state index is -4.43. The molecule has 0 fully saturated rings. The van der Waals surface area contributed by atoms with E-state index < -0.39 is 18.6 Å². The maximum atomic E-state index is 12.3. The molecule has 25 heavy (non-hydrogen) atoms. The highest BCUT2D eigenvalue weighted by atomic mass is 19.4. The van der Waals surface area contributed by atoms with Crippen LogP contribution >= 0.6 is 0 Å². The lowest BCUT2D eigenvalue weighted by molar-refractivity contribution is -0.158. The number of halogens is 3. The number of nitrogens with zero attached hydrogens (tertiary/aromatic N) is 5. The zero-order valence-electron chi connectivity index (χ0n) is 14.1. The van der Waals surface area contributed by atoms with E-state index in [1.165, 1.54) is 12.4 Å². The number of hydrogen-bond donors (Lipinski definition) is 0. The van der Waals surface area contributed by atoms with Crippen LogP contribution in [0, 0.1) is 0 Å². The summed E-state index contributed by atoms with van der Waals surface area (Å²) in [6.45, 7) is -1.29. The molecule has 2 rings (SSSR count). The summed E-state index contributed by atoms with van der Waals surface area (Å²) in [7, 11) is 4.85. The van der Waals surface area contributed by atoms with E-state index in [4.69, 9.17) is 0 Å². The highest BCUT2D eigenvalue weighted by Gasteiger charge is 2.31. The predicted octanol–water partition coefficient (Wildman–Crippen LogP) is 2.17. The zero-order valence-corrected chi connectivity index (χ0v) is 14.1. The summed E-state index contributed by atoms with van der Waals surface area (Å²) >= 11 is 0. The van der Waals surface area contributed by atoms with Crippen LogP contribution in [0.3, 0.4) is 0 Å². The number of anilines is 1. The Kier molecular flexibility index (Phi) is 5.55. The van der Waals surface area contributed by atoms with Crippen LogP contribution in [0.25, 0.3) is 11.3 Å². The molecule has 9 heteroatoms. The number of rotatable bonds is 5. The maximum Gasteiger partial charge on any atom is 0.406 e. The number of hydrogen-bond acceptors (Lipinski definition) is 5. The van der Waals surface area contributed by atoms with Gasteiger partial charge in [-0.05, 0) is 6.07 Å². The SMILES string of the molecule is CN(CC(F)(F)F)C(=O)Cc1cnc(-c2ccncc2N(C)C)cn1. The van der Waals surface area contributed by atoms with Crippen molar-refractivity contribution in [1.29, 1.82) is 0 Å². The molecule has 0 radical (unpaired) electrons. The first kappa shape index (κ1) is 18.6. The number of likely N-dealkylation sites (N-methyl/N-ethyl adjacent to an activating group) is 1. The van der Waals surface area contributed by atoms with E-state index in [-0.39, 0.29) is 6.42 Å². The lowest BCUT2D eigenvalue weighted by Gasteiger charge is -2.18. The van der Waals surface area contributed by atoms with E-state index in [1.54, 1.807) is 18.5 Å². The minimum Gasteiger partial charge on any atom is -0.376 e. The molecule has 2 aromatic heterocycles. The molecular weight excluding hydrogens is 335 g/mol. The van der Waals surface area contributed by atoms with Gasteiger partial charge in [0.25, 0.3) is 0 Å². The van der Waals surface area contributed by atoms with Crippen LogP contribution in [-0.4, -0.2) is 59.6 Å². The lowest BCUT2D eigenvalue weighted by atomic mass is 10.1. The number of carbonyl (C=O) groups is 1. The number of carbonyl (C=O) groups excluding carboxylic acids is 1. The van der Waals surface area contributed by atoms with Gasteiger partial charge in [0, 0.05) is 39.1 Å². The molecule has 0 N–H and O–H groups in total. The fourth-order valence-corrected chi connectivity index (χ4v) is 2.19. The van der Waals surface area contributed by atoms with Crippen LogP contribution in [0.5, 0.6) is 0 Å². The van der Waals surface area contributed by atoms with Gasteiger partial charge >= 0.3 is 6.18 Å². The highest BCUT2D eigenvalue weighted by molar-refractivity contribution is 5.78. The van der Waals surface area contributed by atoms with Crippen molar-refractivity contribution < 1.29 is 18.0 Å². The Balaban J connectivity index is 2.12. The van der Waals surface area contributed by atoms with Gasteiger partial charge in [0.1, 0.15) is 6.54 Å². The quantitative estimate of drug-likeness (QED) is 0.824. The molecule has 1 amide bonds. The molecule has 0 aliphatic carbocycles. The Hall–Kier alpha value is -2.71. The monoisotopic (exact) mass is 353 g/mol. The van der Waals surface area contributed by atoms with E-state index in [0.717, 1.165) is 18.3 Å². The number of pyridine rings is 1. The van der Waals surface area contributed by atoms with E-state index in [2.05, 4.69) is 15.0 Å². The van der Waals surface area contributed by atoms with Gasteiger partial charge in [-0.1, -0.05) is 0 Å². The summed E-state index contributed by atoms with van der Waals surface area (Å²) in [6.07, 6.45) is 1.55. The van der Waals surface area contributed by atoms with E-state index >= 15 is 0 Å². The van der Waals surface area contributed by atoms with E-state index in [9.17, 15) is 18.0 Å². The maximum absolute atomic E-state index is 12.3. The molecule has 6 nitrogen and oxygen atoms in total. The molecule has 0 unspecified atom stereocenters. The zero-order chi connectivity index (χ0) is 18.6. The lowest BCUT2D eigenvalue weighted by Crippen LogP contribution is -2.36. The summed E-state index contributed by atoms with van der Waals surface area (Å²) in [5.74, 6) is -0.669. The van der Waals surface area contributed by atoms with Crippen molar-refractivity contribution in [3.8, 4) is 11.3 Å². The average molecular weight is 353 g/mol. The van der Waals surface area contributed by atoms with E-state index in [1.807, 2.05) is 19.0 Å². The van der Waals surface area contributed by atoms with Gasteiger partial charge in [0.15, 0.2) is 0 Å². The second kappa shape index (κ2) is 7.45. The molecule has 0 saturated carbocycles. The molecule has 2 heterocycles. The molecular formula is C16H18F3N5O. The summed E-state index contributed by atoms with van der Waals surface area (Å²) in [5, 5.41) is 0. The molecule has 0 aromatic carbocycles. The third-order valence-electron chi connectivity index (χ3n) is 3.44. The Bertz CT molecular complexity index is 731. The van der Waals surface area contributed by atoms with E-state index in [0.29, 0.717) is 16.3 Å². The standard InChI is InChI=1S/C16H18F3N5O/c1-23(2)14-9-20-5-4-12(14)13-8-21-11(7-22-13)6-15(25)24(3)10-16(17,18)19/h4-5,7-9H,6,10H2,1-3H3. The number of amides is 1. The van der Waals surface area contributed by atoms with Crippen molar-refractivity contribution in [2.75, 3.05) is 32.6 Å². The normalized spacial score (nSPS) is 11.3. The van der Waals surface area contributed by atoms with Crippen molar-refractivity contribution in [3.05, 3.63) is 36.5 Å². The molecule has 0 aliphatic rings. The average Bonchev–Trinajstić information content (AvgIpc) is 2.54. The van der Waals surface area contributed by atoms with Crippen molar-refractivity contribution in [1.82, 2.24) is 19.9 Å². The van der Waals surface area contributed by atoms with Crippen LogP contribution in [0.1, 0.15) is 5.69 Å². The largest absolute Gasteiger partial charge is 0.406 e. The summed E-state index contributed by atoms with van der Waals surface area (Å²) in [6, 6.07) is 1.79. The first-order valence-corrected chi connectivity index (χ1v) is 7.40. The first-order chi connectivity index (χ1) is 11.7.